The van der Waals surface area contributed by atoms with Crippen LogP contribution in [-0.2, 0) is 0 Å². The van der Waals surface area contributed by atoms with Gasteiger partial charge in [-0.3, -0.25) is 4.79 Å². The molecule has 1 amide bonds. The predicted octanol–water partition coefficient (Wildman–Crippen LogP) is 3.21. The molecule has 1 aliphatic carbocycles. The number of carbonyl (C=O) groups is 1. The highest BCUT2D eigenvalue weighted by Gasteiger charge is 2.26. The number of aliphatic hydroxyl groups excluding tert-OH is 1. The molecule has 1 fully saturated rings. The summed E-state index contributed by atoms with van der Waals surface area (Å²) in [5.74, 6) is -0.774. The molecule has 3 nitrogen and oxygen atoms in total. The van der Waals surface area contributed by atoms with Crippen molar-refractivity contribution in [3.63, 3.8) is 0 Å². The zero-order chi connectivity index (χ0) is 14.7. The van der Waals surface area contributed by atoms with E-state index in [1.54, 1.807) is 13.1 Å². The van der Waals surface area contributed by atoms with Crippen molar-refractivity contribution in [2.24, 2.45) is 5.92 Å². The molecule has 1 aromatic carbocycles. The number of halogens is 2. The summed E-state index contributed by atoms with van der Waals surface area (Å²) in [6, 6.07) is 4.42. The van der Waals surface area contributed by atoms with Crippen molar-refractivity contribution in [3.05, 3.63) is 34.1 Å². The van der Waals surface area contributed by atoms with Crippen LogP contribution in [0.2, 0.25) is 0 Å². The maximum Gasteiger partial charge on any atom is 0.256 e. The average Bonchev–Trinajstić information content (AvgIpc) is 2.40. The molecule has 1 aliphatic rings. The monoisotopic (exact) mass is 343 g/mol. The molecule has 0 heterocycles. The Labute approximate surface area is 126 Å². The number of carbonyl (C=O) groups excluding carboxylic acids is 1. The van der Waals surface area contributed by atoms with Crippen molar-refractivity contribution in [1.29, 1.82) is 0 Å². The number of rotatable bonds is 3. The molecule has 0 radical (unpaired) electrons. The largest absolute Gasteiger partial charge is 0.393 e. The number of nitrogens with zero attached hydrogens (tertiary/aromatic N) is 1. The minimum Gasteiger partial charge on any atom is -0.393 e. The third-order valence-electron chi connectivity index (χ3n) is 3.89. The van der Waals surface area contributed by atoms with E-state index in [0.29, 0.717) is 11.0 Å². The van der Waals surface area contributed by atoms with Gasteiger partial charge < -0.3 is 10.0 Å². The van der Waals surface area contributed by atoms with Gasteiger partial charge in [0.25, 0.3) is 5.91 Å². The molecule has 2 unspecified atom stereocenters. The third-order valence-corrected chi connectivity index (χ3v) is 4.38. The van der Waals surface area contributed by atoms with Crippen LogP contribution in [-0.4, -0.2) is 35.6 Å². The van der Waals surface area contributed by atoms with Crippen LogP contribution in [0.5, 0.6) is 0 Å². The molecule has 2 atom stereocenters. The fourth-order valence-electron chi connectivity index (χ4n) is 2.70. The van der Waals surface area contributed by atoms with Gasteiger partial charge in [-0.25, -0.2) is 4.39 Å². The minimum atomic E-state index is -0.527. The van der Waals surface area contributed by atoms with Gasteiger partial charge in [0.2, 0.25) is 0 Å². The zero-order valence-corrected chi connectivity index (χ0v) is 13.1. The minimum absolute atomic E-state index is 0.0704. The summed E-state index contributed by atoms with van der Waals surface area (Å²) in [5, 5.41) is 9.94. The molecular formula is C15H19BrFNO2. The van der Waals surface area contributed by atoms with Crippen molar-refractivity contribution in [1.82, 2.24) is 4.90 Å². The highest BCUT2D eigenvalue weighted by Crippen LogP contribution is 2.25. The van der Waals surface area contributed by atoms with E-state index in [2.05, 4.69) is 15.9 Å². The van der Waals surface area contributed by atoms with E-state index in [1.807, 2.05) is 0 Å². The van der Waals surface area contributed by atoms with E-state index in [4.69, 9.17) is 0 Å². The summed E-state index contributed by atoms with van der Waals surface area (Å²) in [4.78, 5) is 13.8. The van der Waals surface area contributed by atoms with Crippen LogP contribution in [0.1, 0.15) is 36.0 Å². The van der Waals surface area contributed by atoms with E-state index in [-0.39, 0.29) is 23.5 Å². The Morgan fingerprint density at radius 2 is 2.15 bits per heavy atom. The van der Waals surface area contributed by atoms with Crippen molar-refractivity contribution in [2.75, 3.05) is 13.6 Å². The van der Waals surface area contributed by atoms with E-state index in [0.717, 1.165) is 25.7 Å². The van der Waals surface area contributed by atoms with Gasteiger partial charge >= 0.3 is 0 Å². The highest BCUT2D eigenvalue weighted by molar-refractivity contribution is 9.10. The number of hydrogen-bond donors (Lipinski definition) is 1. The molecule has 1 saturated carbocycles. The fourth-order valence-corrected chi connectivity index (χ4v) is 3.04. The van der Waals surface area contributed by atoms with Gasteiger partial charge in [0, 0.05) is 24.0 Å². The first kappa shape index (κ1) is 15.4. The summed E-state index contributed by atoms with van der Waals surface area (Å²) >= 11 is 3.17. The van der Waals surface area contributed by atoms with Crippen LogP contribution in [0, 0.1) is 11.7 Å². The van der Waals surface area contributed by atoms with Crippen molar-refractivity contribution in [3.8, 4) is 0 Å². The summed E-state index contributed by atoms with van der Waals surface area (Å²) in [5.41, 5.74) is 0.0704. The second-order valence-corrected chi connectivity index (χ2v) is 6.34. The van der Waals surface area contributed by atoms with Crippen molar-refractivity contribution >= 4 is 21.8 Å². The smallest absolute Gasteiger partial charge is 0.256 e. The van der Waals surface area contributed by atoms with Gasteiger partial charge in [-0.2, -0.15) is 0 Å². The van der Waals surface area contributed by atoms with Crippen LogP contribution in [0.4, 0.5) is 4.39 Å². The first-order valence-electron chi connectivity index (χ1n) is 6.87. The lowest BCUT2D eigenvalue weighted by Gasteiger charge is -2.31. The first-order valence-corrected chi connectivity index (χ1v) is 7.67. The number of aliphatic hydroxyl groups is 1. The van der Waals surface area contributed by atoms with Crippen LogP contribution >= 0.6 is 15.9 Å². The quantitative estimate of drug-likeness (QED) is 0.915. The number of benzene rings is 1. The number of hydrogen-bond acceptors (Lipinski definition) is 2. The number of amides is 1. The second-order valence-electron chi connectivity index (χ2n) is 5.42. The average molecular weight is 344 g/mol. The SMILES string of the molecule is CN(CC1CCCCC1O)C(=O)c1ccc(Br)cc1F. The third kappa shape index (κ3) is 3.58. The molecule has 110 valence electrons. The van der Waals surface area contributed by atoms with Gasteiger partial charge in [-0.15, -0.1) is 0 Å². The predicted molar refractivity (Wildman–Crippen MR) is 79.0 cm³/mol. The fraction of sp³-hybridized carbons (Fsp3) is 0.533. The van der Waals surface area contributed by atoms with Gasteiger partial charge in [0.05, 0.1) is 11.7 Å². The molecular weight excluding hydrogens is 325 g/mol. The molecule has 1 aromatic rings. The van der Waals surface area contributed by atoms with Gasteiger partial charge in [0.15, 0.2) is 0 Å². The molecule has 2 rings (SSSR count). The second kappa shape index (κ2) is 6.68. The van der Waals surface area contributed by atoms with Crippen LogP contribution in [0.15, 0.2) is 22.7 Å². The maximum absolute atomic E-state index is 13.8. The molecule has 0 aromatic heterocycles. The van der Waals surface area contributed by atoms with Crippen LogP contribution < -0.4 is 0 Å². The lowest BCUT2D eigenvalue weighted by molar-refractivity contribution is 0.0449. The first-order chi connectivity index (χ1) is 9.49. The Morgan fingerprint density at radius 3 is 2.80 bits per heavy atom. The Morgan fingerprint density at radius 1 is 1.45 bits per heavy atom. The standard InChI is InChI=1S/C15H19BrFNO2/c1-18(9-10-4-2-3-5-14(10)19)15(20)12-7-6-11(16)8-13(12)17/h6-8,10,14,19H,2-5,9H2,1H3. The molecule has 0 bridgehead atoms. The van der Waals surface area contributed by atoms with E-state index in [1.165, 1.54) is 17.0 Å². The molecule has 0 aliphatic heterocycles. The summed E-state index contributed by atoms with van der Waals surface area (Å²) in [7, 11) is 1.66. The molecule has 5 heteroatoms. The van der Waals surface area contributed by atoms with Crippen molar-refractivity contribution < 1.29 is 14.3 Å². The van der Waals surface area contributed by atoms with E-state index >= 15 is 0 Å². The molecule has 0 spiro atoms. The lowest BCUT2D eigenvalue weighted by atomic mass is 9.86. The maximum atomic E-state index is 13.8. The van der Waals surface area contributed by atoms with Gasteiger partial charge in [-0.05, 0) is 31.0 Å². The lowest BCUT2D eigenvalue weighted by Crippen LogP contribution is -2.38. The van der Waals surface area contributed by atoms with Gasteiger partial charge in [-0.1, -0.05) is 28.8 Å². The van der Waals surface area contributed by atoms with Crippen LogP contribution in [0.25, 0.3) is 0 Å². The molecule has 1 N–H and O–H groups in total. The van der Waals surface area contributed by atoms with E-state index in [9.17, 15) is 14.3 Å². The van der Waals surface area contributed by atoms with Gasteiger partial charge in [0.1, 0.15) is 5.82 Å². The zero-order valence-electron chi connectivity index (χ0n) is 11.5. The topological polar surface area (TPSA) is 40.5 Å². The molecule has 0 saturated heterocycles. The summed E-state index contributed by atoms with van der Waals surface area (Å²) in [6.07, 6.45) is 3.47. The van der Waals surface area contributed by atoms with Crippen molar-refractivity contribution in [2.45, 2.75) is 31.8 Å². The van der Waals surface area contributed by atoms with E-state index < -0.39 is 5.82 Å². The normalized spacial score (nSPS) is 22.6. The van der Waals surface area contributed by atoms with Crippen LogP contribution in [0.3, 0.4) is 0 Å². The Bertz CT molecular complexity index is 495. The Kier molecular flexibility index (Phi) is 5.16. The Balaban J connectivity index is 2.04. The Hall–Kier alpha value is -0.940. The molecule has 20 heavy (non-hydrogen) atoms. The summed E-state index contributed by atoms with van der Waals surface area (Å²) in [6.45, 7) is 0.468. The summed E-state index contributed by atoms with van der Waals surface area (Å²) < 4.78 is 14.4. The highest BCUT2D eigenvalue weighted by atomic mass is 79.9.